The molecule has 2 rings (SSSR count). The van der Waals surface area contributed by atoms with Crippen LogP contribution in [-0.2, 0) is 9.53 Å². The van der Waals surface area contributed by atoms with E-state index in [0.29, 0.717) is 6.61 Å². The van der Waals surface area contributed by atoms with Gasteiger partial charge in [-0.3, -0.25) is 4.79 Å². The molecule has 1 saturated carbocycles. The summed E-state index contributed by atoms with van der Waals surface area (Å²) in [7, 11) is 1.82. The number of hydrogen-bond donors (Lipinski definition) is 1. The highest BCUT2D eigenvalue weighted by Crippen LogP contribution is 2.54. The predicted molar refractivity (Wildman–Crippen MR) is 45.5 cm³/mol. The molecule has 2 fully saturated rings. The van der Waals surface area contributed by atoms with Gasteiger partial charge in [0.25, 0.3) is 0 Å². The molecule has 0 aromatic heterocycles. The Kier molecular flexibility index (Phi) is 1.52. The van der Waals surface area contributed by atoms with Crippen molar-refractivity contribution in [3.05, 3.63) is 0 Å². The Morgan fingerprint density at radius 3 is 3.00 bits per heavy atom. The van der Waals surface area contributed by atoms with Gasteiger partial charge in [-0.25, -0.2) is 0 Å². The van der Waals surface area contributed by atoms with Gasteiger partial charge >= 0.3 is 5.97 Å². The minimum atomic E-state index is -0.612. The van der Waals surface area contributed by atoms with Gasteiger partial charge in [-0.15, -0.1) is 0 Å². The zero-order chi connectivity index (χ0) is 8.93. The normalized spacial score (nSPS) is 52.2. The molecule has 0 radical (unpaired) electrons. The fourth-order valence-electron chi connectivity index (χ4n) is 2.52. The summed E-state index contributed by atoms with van der Waals surface area (Å²) in [6.45, 7) is 2.48. The summed E-state index contributed by atoms with van der Waals surface area (Å²) in [4.78, 5) is 11.4. The van der Waals surface area contributed by atoms with Gasteiger partial charge in [-0.1, -0.05) is 6.92 Å². The largest absolute Gasteiger partial charge is 0.465 e. The average Bonchev–Trinajstić information content (AvgIpc) is 2.41. The number of cyclic esters (lactones) is 1. The first-order valence-corrected chi connectivity index (χ1v) is 4.42. The predicted octanol–water partition coefficient (Wildman–Crippen LogP) is -0.648. The molecular weight excluding hydrogens is 155 g/mol. The van der Waals surface area contributed by atoms with Gasteiger partial charge in [-0.2, -0.15) is 0 Å². The number of aliphatic hydroxyl groups is 1. The first kappa shape index (κ1) is 8.11. The van der Waals surface area contributed by atoms with Crippen molar-refractivity contribution in [2.24, 2.45) is 11.8 Å². The molecule has 0 bridgehead atoms. The Hall–Kier alpha value is -0.505. The zero-order valence-corrected chi connectivity index (χ0v) is 7.41. The molecule has 0 aromatic rings. The van der Waals surface area contributed by atoms with Crippen LogP contribution in [0.1, 0.15) is 13.3 Å². The maximum absolute atomic E-state index is 11.4. The highest BCUT2D eigenvalue weighted by atomic mass is 16.5. The lowest BCUT2D eigenvalue weighted by molar-refractivity contribution is -0.143. The monoisotopic (exact) mass is 168 g/mol. The summed E-state index contributed by atoms with van der Waals surface area (Å²) in [6.07, 6.45) is 0.390. The van der Waals surface area contributed by atoms with Crippen LogP contribution >= 0.6 is 0 Å². The van der Waals surface area contributed by atoms with Crippen molar-refractivity contribution in [1.29, 1.82) is 0 Å². The number of rotatable bonds is 0. The smallest absolute Gasteiger partial charge is 0.306 e. The van der Waals surface area contributed by atoms with Crippen molar-refractivity contribution < 1.29 is 14.6 Å². The van der Waals surface area contributed by atoms with Crippen LogP contribution in [-0.4, -0.2) is 31.6 Å². The number of carbonyl (C=O) groups excluding carboxylic acids is 1. The fraction of sp³-hybridized carbons (Fsp3) is 0.875. The van der Waals surface area contributed by atoms with Crippen molar-refractivity contribution in [3.8, 4) is 0 Å². The minimum absolute atomic E-state index is 0.218. The Morgan fingerprint density at radius 2 is 2.42 bits per heavy atom. The third-order valence-corrected chi connectivity index (χ3v) is 3.51. The topological polar surface area (TPSA) is 46.5 Å². The summed E-state index contributed by atoms with van der Waals surface area (Å²) in [6, 6.07) is 0. The summed E-state index contributed by atoms with van der Waals surface area (Å²) in [5.74, 6) is 0.243. The van der Waals surface area contributed by atoms with E-state index in [2.05, 4.69) is 0 Å². The van der Waals surface area contributed by atoms with Crippen molar-refractivity contribution in [2.75, 3.05) is 6.61 Å². The van der Waals surface area contributed by atoms with Crippen molar-refractivity contribution in [2.45, 2.75) is 24.8 Å². The maximum atomic E-state index is 11.4. The second-order valence-electron chi connectivity index (χ2n) is 4.24. The second kappa shape index (κ2) is 2.25. The van der Waals surface area contributed by atoms with Gasteiger partial charge in [0.1, 0.15) is 7.85 Å². The SMILES string of the molecule is B[C@]12C(=O)OC[C@H]1CC(C)C2O. The van der Waals surface area contributed by atoms with Crippen LogP contribution in [0.5, 0.6) is 0 Å². The molecule has 12 heavy (non-hydrogen) atoms. The van der Waals surface area contributed by atoms with Crippen LogP contribution in [0.25, 0.3) is 0 Å². The minimum Gasteiger partial charge on any atom is -0.465 e. The van der Waals surface area contributed by atoms with E-state index >= 15 is 0 Å². The summed E-state index contributed by atoms with van der Waals surface area (Å²) >= 11 is 0. The number of carbonyl (C=O) groups is 1. The van der Waals surface area contributed by atoms with Crippen molar-refractivity contribution in [3.63, 3.8) is 0 Å². The average molecular weight is 168 g/mol. The molecule has 1 N–H and O–H groups in total. The van der Waals surface area contributed by atoms with E-state index in [1.807, 2.05) is 14.8 Å². The van der Waals surface area contributed by atoms with Gasteiger partial charge in [0.15, 0.2) is 0 Å². The number of ether oxygens (including phenoxy) is 1. The lowest BCUT2D eigenvalue weighted by Gasteiger charge is -2.23. The van der Waals surface area contributed by atoms with Crippen LogP contribution in [0.2, 0.25) is 5.31 Å². The molecule has 1 aliphatic carbocycles. The molecular formula is C8H13BO3. The molecule has 0 amide bonds. The van der Waals surface area contributed by atoms with Gasteiger partial charge in [0.2, 0.25) is 0 Å². The van der Waals surface area contributed by atoms with E-state index in [-0.39, 0.29) is 17.8 Å². The van der Waals surface area contributed by atoms with E-state index in [4.69, 9.17) is 4.74 Å². The molecule has 2 aliphatic rings. The zero-order valence-electron chi connectivity index (χ0n) is 7.41. The molecule has 1 aliphatic heterocycles. The summed E-state index contributed by atoms with van der Waals surface area (Å²) in [5, 5.41) is 9.19. The molecule has 66 valence electrons. The molecule has 0 spiro atoms. The number of aliphatic hydroxyl groups excluding tert-OH is 1. The van der Waals surface area contributed by atoms with Crippen LogP contribution in [0.3, 0.4) is 0 Å². The van der Waals surface area contributed by atoms with Crippen LogP contribution in [0, 0.1) is 11.8 Å². The first-order chi connectivity index (χ1) is 5.56. The standard InChI is InChI=1S/C8H13BO3/c1-4-2-5-3-12-7(11)8(5,9)6(4)10/h4-6,10H,2-3,9H2,1H3/t4?,5-,6?,8-/m1/s1. The molecule has 0 aromatic carbocycles. The molecule has 1 saturated heterocycles. The van der Waals surface area contributed by atoms with E-state index < -0.39 is 11.4 Å². The fourth-order valence-corrected chi connectivity index (χ4v) is 2.52. The number of hydrogen-bond acceptors (Lipinski definition) is 3. The van der Waals surface area contributed by atoms with E-state index in [9.17, 15) is 9.90 Å². The number of fused-ring (bicyclic) bond motifs is 1. The van der Waals surface area contributed by atoms with Gasteiger partial charge < -0.3 is 9.84 Å². The van der Waals surface area contributed by atoms with Gasteiger partial charge in [-0.05, 0) is 12.3 Å². The highest BCUT2D eigenvalue weighted by molar-refractivity contribution is 6.28. The Morgan fingerprint density at radius 1 is 1.75 bits per heavy atom. The van der Waals surface area contributed by atoms with Gasteiger partial charge in [0, 0.05) is 5.92 Å². The van der Waals surface area contributed by atoms with E-state index in [0.717, 1.165) is 6.42 Å². The Bertz CT molecular complexity index is 226. The van der Waals surface area contributed by atoms with Crippen LogP contribution in [0.4, 0.5) is 0 Å². The molecule has 3 nitrogen and oxygen atoms in total. The van der Waals surface area contributed by atoms with Crippen LogP contribution in [0.15, 0.2) is 0 Å². The quantitative estimate of drug-likeness (QED) is 0.386. The van der Waals surface area contributed by atoms with Gasteiger partial charge in [0.05, 0.1) is 18.0 Å². The Balaban J connectivity index is 2.34. The van der Waals surface area contributed by atoms with E-state index in [1.165, 1.54) is 0 Å². The molecule has 2 unspecified atom stereocenters. The second-order valence-corrected chi connectivity index (χ2v) is 4.24. The lowest BCUT2D eigenvalue weighted by atomic mass is 9.62. The summed E-state index contributed by atoms with van der Waals surface area (Å²) in [5.41, 5.74) is 0. The van der Waals surface area contributed by atoms with E-state index in [1.54, 1.807) is 0 Å². The number of esters is 1. The molecule has 4 atom stereocenters. The highest BCUT2D eigenvalue weighted by Gasteiger charge is 2.59. The van der Waals surface area contributed by atoms with Crippen molar-refractivity contribution >= 4 is 13.8 Å². The summed E-state index contributed by atoms with van der Waals surface area (Å²) < 4.78 is 4.94. The maximum Gasteiger partial charge on any atom is 0.306 e. The third-order valence-electron chi connectivity index (χ3n) is 3.51. The van der Waals surface area contributed by atoms with Crippen LogP contribution < -0.4 is 0 Å². The lowest BCUT2D eigenvalue weighted by Crippen LogP contribution is -2.34. The Labute approximate surface area is 72.5 Å². The third kappa shape index (κ3) is 0.737. The molecule has 1 heterocycles. The first-order valence-electron chi connectivity index (χ1n) is 4.42. The molecule has 4 heteroatoms. The van der Waals surface area contributed by atoms with Crippen molar-refractivity contribution in [1.82, 2.24) is 0 Å².